The molecular formula is C21H37N3O3. The zero-order valence-corrected chi connectivity index (χ0v) is 17.0. The van der Waals surface area contributed by atoms with E-state index in [4.69, 9.17) is 0 Å². The third-order valence-electron chi connectivity index (χ3n) is 6.98. The van der Waals surface area contributed by atoms with Crippen LogP contribution in [0.1, 0.15) is 71.6 Å². The summed E-state index contributed by atoms with van der Waals surface area (Å²) >= 11 is 0. The number of aliphatic hydroxyl groups excluding tert-OH is 1. The molecule has 2 bridgehead atoms. The molecule has 27 heavy (non-hydrogen) atoms. The number of imide groups is 1. The summed E-state index contributed by atoms with van der Waals surface area (Å²) in [4.78, 5) is 26.8. The van der Waals surface area contributed by atoms with Crippen molar-refractivity contribution in [3.8, 4) is 0 Å². The molecule has 5 atom stereocenters. The van der Waals surface area contributed by atoms with Crippen molar-refractivity contribution in [2.24, 2.45) is 17.8 Å². The van der Waals surface area contributed by atoms with Crippen molar-refractivity contribution in [2.45, 2.75) is 89.8 Å². The average Bonchev–Trinajstić information content (AvgIpc) is 3.24. The lowest BCUT2D eigenvalue weighted by Crippen LogP contribution is -2.51. The van der Waals surface area contributed by atoms with Gasteiger partial charge in [0.05, 0.1) is 12.6 Å². The Morgan fingerprint density at radius 2 is 1.81 bits per heavy atom. The number of aliphatic hydroxyl groups is 1. The van der Waals surface area contributed by atoms with Crippen LogP contribution in [-0.2, 0) is 4.79 Å². The molecular weight excluding hydrogens is 342 g/mol. The molecule has 3 amide bonds. The summed E-state index contributed by atoms with van der Waals surface area (Å²) in [5, 5.41) is 15.3. The molecule has 0 saturated heterocycles. The standard InChI is InChI=1S/C21H37N3O3/c1-14(25)12-24(18-6-4-3-5-7-18)13-20(26)23-21(27)22-15(2)19-11-16-8-9-17(19)10-16/h14-19,25H,3-13H2,1-2H3,(H2,22,23,26,27). The number of hydrogen-bond acceptors (Lipinski definition) is 4. The smallest absolute Gasteiger partial charge is 0.321 e. The van der Waals surface area contributed by atoms with Gasteiger partial charge < -0.3 is 10.4 Å². The molecule has 3 aliphatic rings. The van der Waals surface area contributed by atoms with E-state index in [9.17, 15) is 14.7 Å². The Kier molecular flexibility index (Phi) is 7.15. The van der Waals surface area contributed by atoms with E-state index in [1.807, 2.05) is 4.90 Å². The van der Waals surface area contributed by atoms with Crippen molar-refractivity contribution < 1.29 is 14.7 Å². The first-order chi connectivity index (χ1) is 12.9. The summed E-state index contributed by atoms with van der Waals surface area (Å²) in [5.41, 5.74) is 0. The number of amides is 3. The Hall–Kier alpha value is -1.14. The second kappa shape index (κ2) is 9.37. The van der Waals surface area contributed by atoms with Crippen LogP contribution in [0, 0.1) is 17.8 Å². The van der Waals surface area contributed by atoms with Gasteiger partial charge in [0.2, 0.25) is 5.91 Å². The number of hydrogen-bond donors (Lipinski definition) is 3. The van der Waals surface area contributed by atoms with Gasteiger partial charge >= 0.3 is 6.03 Å². The van der Waals surface area contributed by atoms with Gasteiger partial charge in [0.15, 0.2) is 0 Å². The van der Waals surface area contributed by atoms with E-state index >= 15 is 0 Å². The van der Waals surface area contributed by atoms with E-state index in [0.717, 1.165) is 24.7 Å². The first kappa shape index (κ1) is 20.6. The fraction of sp³-hybridized carbons (Fsp3) is 0.905. The molecule has 3 saturated carbocycles. The van der Waals surface area contributed by atoms with Crippen molar-refractivity contribution >= 4 is 11.9 Å². The summed E-state index contributed by atoms with van der Waals surface area (Å²) in [6, 6.07) is 0.0612. The van der Waals surface area contributed by atoms with Gasteiger partial charge in [-0.25, -0.2) is 4.79 Å². The van der Waals surface area contributed by atoms with E-state index < -0.39 is 6.10 Å². The second-order valence-corrected chi connectivity index (χ2v) is 9.22. The summed E-state index contributed by atoms with van der Waals surface area (Å²) in [7, 11) is 0. The topological polar surface area (TPSA) is 81.7 Å². The van der Waals surface area contributed by atoms with E-state index in [1.165, 1.54) is 44.9 Å². The number of carbonyl (C=O) groups excluding carboxylic acids is 2. The van der Waals surface area contributed by atoms with E-state index in [0.29, 0.717) is 18.5 Å². The van der Waals surface area contributed by atoms with Crippen molar-refractivity contribution in [3.05, 3.63) is 0 Å². The maximum absolute atomic E-state index is 12.4. The summed E-state index contributed by atoms with van der Waals surface area (Å²) in [6.07, 6.45) is 10.4. The van der Waals surface area contributed by atoms with Crippen molar-refractivity contribution in [1.29, 1.82) is 0 Å². The first-order valence-electron chi connectivity index (χ1n) is 10.9. The fourth-order valence-electron chi connectivity index (χ4n) is 5.74. The van der Waals surface area contributed by atoms with Crippen LogP contribution in [0.4, 0.5) is 4.79 Å². The zero-order chi connectivity index (χ0) is 19.4. The van der Waals surface area contributed by atoms with E-state index in [-0.39, 0.29) is 24.5 Å². The van der Waals surface area contributed by atoms with Crippen molar-refractivity contribution in [2.75, 3.05) is 13.1 Å². The van der Waals surface area contributed by atoms with Crippen molar-refractivity contribution in [3.63, 3.8) is 0 Å². The normalized spacial score (nSPS) is 30.3. The highest BCUT2D eigenvalue weighted by Gasteiger charge is 2.42. The molecule has 0 heterocycles. The molecule has 154 valence electrons. The van der Waals surface area contributed by atoms with Crippen molar-refractivity contribution in [1.82, 2.24) is 15.5 Å². The largest absolute Gasteiger partial charge is 0.392 e. The molecule has 3 aliphatic carbocycles. The third-order valence-corrected chi connectivity index (χ3v) is 6.98. The van der Waals surface area contributed by atoms with Gasteiger partial charge in [-0.3, -0.25) is 15.0 Å². The fourth-order valence-corrected chi connectivity index (χ4v) is 5.74. The summed E-state index contributed by atoms with van der Waals surface area (Å²) in [6.45, 7) is 4.46. The molecule has 0 spiro atoms. The minimum atomic E-state index is -0.480. The van der Waals surface area contributed by atoms with Crippen LogP contribution in [-0.4, -0.2) is 53.2 Å². The quantitative estimate of drug-likeness (QED) is 0.635. The van der Waals surface area contributed by atoms with Gasteiger partial charge in [-0.1, -0.05) is 25.7 Å². The molecule has 6 nitrogen and oxygen atoms in total. The second-order valence-electron chi connectivity index (χ2n) is 9.22. The maximum Gasteiger partial charge on any atom is 0.321 e. The predicted molar refractivity (Wildman–Crippen MR) is 105 cm³/mol. The average molecular weight is 380 g/mol. The van der Waals surface area contributed by atoms with Crippen LogP contribution < -0.4 is 10.6 Å². The predicted octanol–water partition coefficient (Wildman–Crippen LogP) is 2.65. The minimum absolute atomic E-state index is 0.111. The maximum atomic E-state index is 12.4. The van der Waals surface area contributed by atoms with Gasteiger partial charge in [-0.2, -0.15) is 0 Å². The lowest BCUT2D eigenvalue weighted by molar-refractivity contribution is -0.122. The Balaban J connectivity index is 1.45. The highest BCUT2D eigenvalue weighted by molar-refractivity contribution is 5.95. The highest BCUT2D eigenvalue weighted by Crippen LogP contribution is 2.49. The molecule has 0 aromatic heterocycles. The number of fused-ring (bicyclic) bond motifs is 2. The van der Waals surface area contributed by atoms with Crippen LogP contribution in [0.25, 0.3) is 0 Å². The van der Waals surface area contributed by atoms with E-state index in [1.54, 1.807) is 6.92 Å². The number of nitrogens with zero attached hydrogens (tertiary/aromatic N) is 1. The Bertz CT molecular complexity index is 519. The summed E-state index contributed by atoms with van der Waals surface area (Å²) in [5.74, 6) is 1.87. The number of carbonyl (C=O) groups is 2. The van der Waals surface area contributed by atoms with Crippen LogP contribution >= 0.6 is 0 Å². The molecule has 0 radical (unpaired) electrons. The first-order valence-corrected chi connectivity index (χ1v) is 10.9. The number of urea groups is 1. The molecule has 0 aromatic rings. The van der Waals surface area contributed by atoms with Crippen LogP contribution in [0.2, 0.25) is 0 Å². The Labute approximate surface area is 163 Å². The molecule has 3 fully saturated rings. The van der Waals surface area contributed by atoms with Gasteiger partial charge in [-0.15, -0.1) is 0 Å². The molecule has 3 N–H and O–H groups in total. The van der Waals surface area contributed by atoms with Gasteiger partial charge in [0, 0.05) is 18.6 Å². The SMILES string of the molecule is CC(O)CN(CC(=O)NC(=O)NC(C)C1CC2CCC1C2)C1CCCCC1. The van der Waals surface area contributed by atoms with Gasteiger partial charge in [0.1, 0.15) is 0 Å². The number of nitrogens with one attached hydrogen (secondary N) is 2. The van der Waals surface area contributed by atoms with Crippen LogP contribution in [0.5, 0.6) is 0 Å². The lowest BCUT2D eigenvalue weighted by Gasteiger charge is -2.34. The monoisotopic (exact) mass is 379 g/mol. The van der Waals surface area contributed by atoms with Crippen LogP contribution in [0.15, 0.2) is 0 Å². The molecule has 3 rings (SSSR count). The third kappa shape index (κ3) is 5.67. The molecule has 5 unspecified atom stereocenters. The Morgan fingerprint density at radius 3 is 2.41 bits per heavy atom. The van der Waals surface area contributed by atoms with E-state index in [2.05, 4.69) is 17.6 Å². The van der Waals surface area contributed by atoms with Gasteiger partial charge in [0.25, 0.3) is 0 Å². The Morgan fingerprint density at radius 1 is 1.07 bits per heavy atom. The lowest BCUT2D eigenvalue weighted by atomic mass is 9.84. The zero-order valence-electron chi connectivity index (χ0n) is 17.0. The molecule has 0 aromatic carbocycles. The molecule has 6 heteroatoms. The number of rotatable bonds is 7. The van der Waals surface area contributed by atoms with Gasteiger partial charge in [-0.05, 0) is 63.7 Å². The summed E-state index contributed by atoms with van der Waals surface area (Å²) < 4.78 is 0. The molecule has 0 aliphatic heterocycles. The minimum Gasteiger partial charge on any atom is -0.392 e. The highest BCUT2D eigenvalue weighted by atomic mass is 16.3. The van der Waals surface area contributed by atoms with Crippen LogP contribution in [0.3, 0.4) is 0 Å².